The Kier molecular flexibility index (Phi) is 6.13. The summed E-state index contributed by atoms with van der Waals surface area (Å²) < 4.78 is 0. The lowest BCUT2D eigenvalue weighted by Gasteiger charge is -2.04. The summed E-state index contributed by atoms with van der Waals surface area (Å²) in [5, 5.41) is 0. The minimum atomic E-state index is -0.542. The highest BCUT2D eigenvalue weighted by atomic mass is 35.5. The molecule has 4 nitrogen and oxygen atoms in total. The second-order valence-corrected chi connectivity index (χ2v) is 1.28. The molecule has 2 N–H and O–H groups in total. The van der Waals surface area contributed by atoms with Gasteiger partial charge in [0.2, 0.25) is 0 Å². The van der Waals surface area contributed by atoms with Crippen molar-refractivity contribution in [3.63, 3.8) is 0 Å². The van der Waals surface area contributed by atoms with E-state index in [2.05, 4.69) is 10.7 Å². The van der Waals surface area contributed by atoms with Gasteiger partial charge in [0.25, 0.3) is 0 Å². The van der Waals surface area contributed by atoms with E-state index in [0.29, 0.717) is 0 Å². The van der Waals surface area contributed by atoms with Crippen molar-refractivity contribution in [3.8, 4) is 0 Å². The molecule has 0 aromatic heterocycles. The minimum Gasteiger partial charge on any atom is -0.357 e. The molecule has 0 aromatic rings. The average Bonchev–Trinajstić information content (AvgIpc) is 1.65. The molecule has 0 bridgehead atoms. The normalized spacial score (nSPS) is 6.88. The largest absolute Gasteiger partial charge is 0.427 e. The molecule has 50 valence electrons. The van der Waals surface area contributed by atoms with Crippen LogP contribution in [0.3, 0.4) is 0 Å². The number of hydrogen-bond acceptors (Lipinski definition) is 3. The smallest absolute Gasteiger partial charge is 0.357 e. The van der Waals surface area contributed by atoms with E-state index in [9.17, 15) is 4.79 Å². The van der Waals surface area contributed by atoms with Gasteiger partial charge in [-0.15, -0.1) is 12.4 Å². The van der Waals surface area contributed by atoms with Gasteiger partial charge in [-0.2, -0.15) is 5.90 Å². The lowest BCUT2D eigenvalue weighted by atomic mass is 10.9. The van der Waals surface area contributed by atoms with E-state index in [4.69, 9.17) is 0 Å². The predicted molar refractivity (Wildman–Crippen MR) is 31.6 cm³/mol. The number of nitrogens with two attached hydrogens (primary N) is 1. The molecular weight excluding hydrogens is 131 g/mol. The maximum Gasteiger partial charge on any atom is 0.427 e. The maximum absolute atomic E-state index is 10.1. The van der Waals surface area contributed by atoms with Gasteiger partial charge >= 0.3 is 6.09 Å². The summed E-state index contributed by atoms with van der Waals surface area (Å²) in [7, 11) is 3.10. The summed E-state index contributed by atoms with van der Waals surface area (Å²) in [6.45, 7) is 0. The van der Waals surface area contributed by atoms with Gasteiger partial charge < -0.3 is 9.74 Å². The number of carbonyl (C=O) groups excluding carboxylic acids is 1. The van der Waals surface area contributed by atoms with Crippen molar-refractivity contribution >= 4 is 18.5 Å². The van der Waals surface area contributed by atoms with Crippen LogP contribution in [0.1, 0.15) is 0 Å². The topological polar surface area (TPSA) is 55.6 Å². The molecule has 0 fully saturated rings. The Hall–Kier alpha value is -0.480. The Morgan fingerprint density at radius 1 is 1.62 bits per heavy atom. The molecule has 0 saturated heterocycles. The summed E-state index contributed by atoms with van der Waals surface area (Å²) in [6, 6.07) is 0. The van der Waals surface area contributed by atoms with Gasteiger partial charge in [-0.05, 0) is 0 Å². The molecule has 0 saturated carbocycles. The van der Waals surface area contributed by atoms with E-state index in [0.717, 1.165) is 0 Å². The first-order chi connectivity index (χ1) is 3.18. The zero-order chi connectivity index (χ0) is 5.86. The summed E-state index contributed by atoms with van der Waals surface area (Å²) in [4.78, 5) is 15.1. The fraction of sp³-hybridized carbons (Fsp3) is 0.667. The fourth-order valence-electron chi connectivity index (χ4n) is 0.105. The highest BCUT2D eigenvalue weighted by molar-refractivity contribution is 5.85. The molecular formula is C3H9ClN2O2. The third-order valence-electron chi connectivity index (χ3n) is 0.466. The number of hydrogen-bond donors (Lipinski definition) is 1. The van der Waals surface area contributed by atoms with Gasteiger partial charge in [0.05, 0.1) is 0 Å². The Morgan fingerprint density at radius 2 is 2.00 bits per heavy atom. The molecule has 0 rings (SSSR count). The first-order valence-electron chi connectivity index (χ1n) is 1.76. The number of amides is 1. The first kappa shape index (κ1) is 10.5. The van der Waals surface area contributed by atoms with Crippen LogP contribution in [0.2, 0.25) is 0 Å². The second-order valence-electron chi connectivity index (χ2n) is 1.28. The highest BCUT2D eigenvalue weighted by Crippen LogP contribution is 1.76. The van der Waals surface area contributed by atoms with Crippen molar-refractivity contribution in [2.24, 2.45) is 5.90 Å². The van der Waals surface area contributed by atoms with Gasteiger partial charge in [0.15, 0.2) is 0 Å². The minimum absolute atomic E-state index is 0. The van der Waals surface area contributed by atoms with Crippen molar-refractivity contribution in [3.05, 3.63) is 0 Å². The van der Waals surface area contributed by atoms with Crippen LogP contribution >= 0.6 is 12.4 Å². The van der Waals surface area contributed by atoms with Gasteiger partial charge in [0.1, 0.15) is 0 Å². The van der Waals surface area contributed by atoms with Crippen molar-refractivity contribution in [1.29, 1.82) is 0 Å². The zero-order valence-electron chi connectivity index (χ0n) is 4.75. The number of nitrogens with zero attached hydrogens (tertiary/aromatic N) is 1. The van der Waals surface area contributed by atoms with E-state index in [1.165, 1.54) is 4.90 Å². The first-order valence-corrected chi connectivity index (χ1v) is 1.76. The van der Waals surface area contributed by atoms with Crippen LogP contribution < -0.4 is 5.90 Å². The van der Waals surface area contributed by atoms with Crippen LogP contribution in [0.5, 0.6) is 0 Å². The number of carbonyl (C=O) groups is 1. The fourth-order valence-corrected chi connectivity index (χ4v) is 0.105. The van der Waals surface area contributed by atoms with Crippen LogP contribution in [-0.4, -0.2) is 25.1 Å². The van der Waals surface area contributed by atoms with Crippen LogP contribution in [0.25, 0.3) is 0 Å². The second kappa shape index (κ2) is 4.67. The monoisotopic (exact) mass is 140 g/mol. The van der Waals surface area contributed by atoms with Crippen LogP contribution in [-0.2, 0) is 4.84 Å². The van der Waals surface area contributed by atoms with Crippen molar-refractivity contribution < 1.29 is 9.63 Å². The number of halogens is 1. The van der Waals surface area contributed by atoms with Crippen molar-refractivity contribution in [2.75, 3.05) is 14.1 Å². The molecule has 0 aliphatic heterocycles. The molecule has 8 heavy (non-hydrogen) atoms. The third-order valence-corrected chi connectivity index (χ3v) is 0.466. The summed E-state index contributed by atoms with van der Waals surface area (Å²) in [5.41, 5.74) is 0. The van der Waals surface area contributed by atoms with Crippen molar-refractivity contribution in [2.45, 2.75) is 0 Å². The summed E-state index contributed by atoms with van der Waals surface area (Å²) in [5.74, 6) is 4.48. The third kappa shape index (κ3) is 3.70. The molecule has 1 amide bonds. The predicted octanol–water partition coefficient (Wildman–Crippen LogP) is -0.0199. The molecule has 5 heteroatoms. The van der Waals surface area contributed by atoms with E-state index in [1.807, 2.05) is 0 Å². The average molecular weight is 141 g/mol. The quantitative estimate of drug-likeness (QED) is 0.481. The molecule has 0 heterocycles. The highest BCUT2D eigenvalue weighted by Gasteiger charge is 1.98. The van der Waals surface area contributed by atoms with Crippen LogP contribution in [0.15, 0.2) is 0 Å². The van der Waals surface area contributed by atoms with E-state index < -0.39 is 6.09 Å². The van der Waals surface area contributed by atoms with Crippen LogP contribution in [0.4, 0.5) is 4.79 Å². The molecule has 0 aliphatic carbocycles. The maximum atomic E-state index is 10.1. The summed E-state index contributed by atoms with van der Waals surface area (Å²) in [6.07, 6.45) is -0.542. The lowest BCUT2D eigenvalue weighted by molar-refractivity contribution is 0.119. The van der Waals surface area contributed by atoms with Crippen LogP contribution in [0, 0.1) is 0 Å². The van der Waals surface area contributed by atoms with Gasteiger partial charge in [0, 0.05) is 14.1 Å². The lowest BCUT2D eigenvalue weighted by Crippen LogP contribution is -2.25. The Morgan fingerprint density at radius 3 is 2.00 bits per heavy atom. The van der Waals surface area contributed by atoms with Crippen molar-refractivity contribution in [1.82, 2.24) is 4.90 Å². The van der Waals surface area contributed by atoms with E-state index in [-0.39, 0.29) is 12.4 Å². The Balaban J connectivity index is 0. The molecule has 0 radical (unpaired) electrons. The Bertz CT molecular complexity index is 75.7. The zero-order valence-corrected chi connectivity index (χ0v) is 5.57. The molecule has 0 atom stereocenters. The summed E-state index contributed by atoms with van der Waals surface area (Å²) >= 11 is 0. The SMILES string of the molecule is CN(C)C(=O)ON.Cl. The Labute approximate surface area is 54.0 Å². The van der Waals surface area contributed by atoms with E-state index in [1.54, 1.807) is 14.1 Å². The molecule has 0 unspecified atom stereocenters. The van der Waals surface area contributed by atoms with Gasteiger partial charge in [-0.25, -0.2) is 4.79 Å². The standard InChI is InChI=1S/C3H8N2O2.ClH/c1-5(2)3(6)7-4;/h4H2,1-2H3;1H. The molecule has 0 spiro atoms. The molecule has 0 aliphatic rings. The van der Waals surface area contributed by atoms with Gasteiger partial charge in [-0.1, -0.05) is 0 Å². The van der Waals surface area contributed by atoms with Gasteiger partial charge in [-0.3, -0.25) is 0 Å². The molecule has 0 aromatic carbocycles. The van der Waals surface area contributed by atoms with E-state index >= 15 is 0 Å². The number of rotatable bonds is 0.